The Labute approximate surface area is 163 Å². The first-order chi connectivity index (χ1) is 13.2. The lowest BCUT2D eigenvalue weighted by Crippen LogP contribution is -2.44. The van der Waals surface area contributed by atoms with Crippen LogP contribution in [0.1, 0.15) is 37.4 Å². The number of rotatable bonds is 6. The third kappa shape index (κ3) is 3.68. The monoisotopic (exact) mass is 360 g/mol. The quantitative estimate of drug-likeness (QED) is 0.666. The molecule has 1 aliphatic carbocycles. The van der Waals surface area contributed by atoms with Gasteiger partial charge >= 0.3 is 0 Å². The lowest BCUT2D eigenvalue weighted by atomic mass is 9.94. The number of hydrogen-bond donors (Lipinski definition) is 1. The minimum Gasteiger partial charge on any atom is -0.344 e. The molecule has 142 valence electrons. The maximum absolute atomic E-state index is 4.26. The Morgan fingerprint density at radius 1 is 1.26 bits per heavy atom. The smallest absolute Gasteiger partial charge is 0.0485 e. The van der Waals surface area contributed by atoms with Crippen molar-refractivity contribution in [2.45, 2.75) is 46.1 Å². The Balaban J connectivity index is 1.63. The maximum Gasteiger partial charge on any atom is 0.0485 e. The van der Waals surface area contributed by atoms with Crippen molar-refractivity contribution in [3.8, 4) is 0 Å². The van der Waals surface area contributed by atoms with E-state index in [4.69, 9.17) is 0 Å². The standard InChI is InChI=1S/C25H32N2/c1-4-18(2)22-9-7-8-20(12-13-22)14-24-19(3)27(17-21-15-26-16-21)25-11-6-5-10-23(24)25/h5-6,8,10-13,21-22,26H,2,4,7,9,14-17H2,1,3H3. The molecule has 0 saturated carbocycles. The molecule has 2 aliphatic rings. The van der Waals surface area contributed by atoms with E-state index in [1.165, 1.54) is 39.7 Å². The van der Waals surface area contributed by atoms with E-state index in [9.17, 15) is 0 Å². The number of nitrogens with one attached hydrogen (secondary N) is 1. The number of hydrogen-bond acceptors (Lipinski definition) is 1. The van der Waals surface area contributed by atoms with E-state index >= 15 is 0 Å². The topological polar surface area (TPSA) is 17.0 Å². The third-order valence-corrected chi connectivity index (χ3v) is 6.45. The maximum atomic E-state index is 4.26. The Morgan fingerprint density at radius 2 is 2.07 bits per heavy atom. The number of benzene rings is 1. The van der Waals surface area contributed by atoms with Gasteiger partial charge in [0.05, 0.1) is 0 Å². The number of fused-ring (bicyclic) bond motifs is 1. The van der Waals surface area contributed by atoms with E-state index in [1.54, 1.807) is 0 Å². The van der Waals surface area contributed by atoms with Gasteiger partial charge in [-0.3, -0.25) is 0 Å². The summed E-state index contributed by atoms with van der Waals surface area (Å²) >= 11 is 0. The average molecular weight is 361 g/mol. The van der Waals surface area contributed by atoms with Crippen molar-refractivity contribution in [2.75, 3.05) is 13.1 Å². The minimum absolute atomic E-state index is 0.539. The highest BCUT2D eigenvalue weighted by molar-refractivity contribution is 5.86. The molecule has 27 heavy (non-hydrogen) atoms. The van der Waals surface area contributed by atoms with Gasteiger partial charge in [-0.05, 0) is 55.7 Å². The van der Waals surface area contributed by atoms with Crippen LogP contribution >= 0.6 is 0 Å². The Hall–Kier alpha value is -2.06. The molecule has 1 aromatic carbocycles. The highest BCUT2D eigenvalue weighted by Gasteiger charge is 2.21. The molecular weight excluding hydrogens is 328 g/mol. The van der Waals surface area contributed by atoms with Crippen molar-refractivity contribution >= 4 is 10.9 Å². The Bertz CT molecular complexity index is 892. The molecule has 2 heteroatoms. The molecule has 0 spiro atoms. The molecule has 1 fully saturated rings. The van der Waals surface area contributed by atoms with Gasteiger partial charge < -0.3 is 9.88 Å². The van der Waals surface area contributed by atoms with E-state index in [1.807, 2.05) is 0 Å². The van der Waals surface area contributed by atoms with Gasteiger partial charge in [0, 0.05) is 42.1 Å². The van der Waals surface area contributed by atoms with Crippen molar-refractivity contribution < 1.29 is 0 Å². The average Bonchev–Trinajstić information content (AvgIpc) is 2.80. The molecule has 2 heterocycles. The number of aromatic nitrogens is 1. The summed E-state index contributed by atoms with van der Waals surface area (Å²) in [6, 6.07) is 8.94. The van der Waals surface area contributed by atoms with E-state index in [-0.39, 0.29) is 0 Å². The third-order valence-electron chi connectivity index (χ3n) is 6.45. The molecule has 1 aliphatic heterocycles. The van der Waals surface area contributed by atoms with E-state index in [2.05, 4.69) is 72.8 Å². The first-order valence-electron chi connectivity index (χ1n) is 10.5. The lowest BCUT2D eigenvalue weighted by molar-refractivity contribution is 0.308. The van der Waals surface area contributed by atoms with Crippen LogP contribution in [0.5, 0.6) is 0 Å². The van der Waals surface area contributed by atoms with Crippen LogP contribution in [-0.2, 0) is 13.0 Å². The molecule has 1 aromatic heterocycles. The largest absolute Gasteiger partial charge is 0.344 e. The summed E-state index contributed by atoms with van der Waals surface area (Å²) in [6.07, 6.45) is 11.6. The van der Waals surface area contributed by atoms with Gasteiger partial charge in [-0.2, -0.15) is 0 Å². The molecule has 2 nitrogen and oxygen atoms in total. The predicted octanol–water partition coefficient (Wildman–Crippen LogP) is 5.57. The van der Waals surface area contributed by atoms with Crippen molar-refractivity contribution in [1.82, 2.24) is 9.88 Å². The van der Waals surface area contributed by atoms with Crippen molar-refractivity contribution in [3.05, 3.63) is 71.5 Å². The Kier molecular flexibility index (Phi) is 5.36. The second kappa shape index (κ2) is 7.90. The van der Waals surface area contributed by atoms with Gasteiger partial charge in [0.2, 0.25) is 0 Å². The molecule has 0 amide bonds. The Morgan fingerprint density at radius 3 is 2.81 bits per heavy atom. The van der Waals surface area contributed by atoms with Crippen molar-refractivity contribution in [2.24, 2.45) is 11.8 Å². The zero-order valence-corrected chi connectivity index (χ0v) is 16.8. The number of allylic oxidation sites excluding steroid dienone is 5. The molecule has 1 N–H and O–H groups in total. The van der Waals surface area contributed by atoms with Gasteiger partial charge in [-0.25, -0.2) is 0 Å². The van der Waals surface area contributed by atoms with Crippen LogP contribution in [-0.4, -0.2) is 17.7 Å². The van der Waals surface area contributed by atoms with E-state index in [0.29, 0.717) is 5.92 Å². The SMILES string of the molecule is C=C(CC)C1C=CC(Cc2c(C)n(CC3CNC3)c3ccccc23)=CCC1. The fourth-order valence-electron chi connectivity index (χ4n) is 4.49. The molecule has 2 aromatic rings. The summed E-state index contributed by atoms with van der Waals surface area (Å²) in [5, 5.41) is 4.83. The highest BCUT2D eigenvalue weighted by atomic mass is 15.0. The summed E-state index contributed by atoms with van der Waals surface area (Å²) in [5.41, 5.74) is 7.16. The summed E-state index contributed by atoms with van der Waals surface area (Å²) < 4.78 is 2.55. The first kappa shape index (κ1) is 18.3. The second-order valence-corrected chi connectivity index (χ2v) is 8.23. The van der Waals surface area contributed by atoms with Crippen LogP contribution in [0.25, 0.3) is 10.9 Å². The van der Waals surface area contributed by atoms with Crippen LogP contribution in [0.3, 0.4) is 0 Å². The van der Waals surface area contributed by atoms with Crippen LogP contribution in [0.15, 0.2) is 60.2 Å². The second-order valence-electron chi connectivity index (χ2n) is 8.23. The van der Waals surface area contributed by atoms with Crippen molar-refractivity contribution in [1.29, 1.82) is 0 Å². The zero-order chi connectivity index (χ0) is 18.8. The lowest BCUT2D eigenvalue weighted by Gasteiger charge is -2.28. The number of nitrogens with zero attached hydrogens (tertiary/aromatic N) is 1. The van der Waals surface area contributed by atoms with Gasteiger partial charge in [-0.1, -0.05) is 55.5 Å². The molecule has 0 bridgehead atoms. The van der Waals surface area contributed by atoms with Crippen LogP contribution < -0.4 is 5.32 Å². The molecular formula is C25H32N2. The van der Waals surface area contributed by atoms with E-state index in [0.717, 1.165) is 44.8 Å². The molecule has 1 atom stereocenters. The summed E-state index contributed by atoms with van der Waals surface area (Å²) in [5.74, 6) is 1.31. The first-order valence-corrected chi connectivity index (χ1v) is 10.5. The van der Waals surface area contributed by atoms with Gasteiger partial charge in [0.1, 0.15) is 0 Å². The molecule has 1 unspecified atom stereocenters. The van der Waals surface area contributed by atoms with Crippen LogP contribution in [0, 0.1) is 18.8 Å². The minimum atomic E-state index is 0.539. The van der Waals surface area contributed by atoms with E-state index < -0.39 is 0 Å². The van der Waals surface area contributed by atoms with Crippen molar-refractivity contribution in [3.63, 3.8) is 0 Å². The summed E-state index contributed by atoms with van der Waals surface area (Å²) in [6.45, 7) is 12.2. The molecule has 1 saturated heterocycles. The van der Waals surface area contributed by atoms with Gasteiger partial charge in [0.25, 0.3) is 0 Å². The fourth-order valence-corrected chi connectivity index (χ4v) is 4.49. The fraction of sp³-hybridized carbons (Fsp3) is 0.440. The van der Waals surface area contributed by atoms with Gasteiger partial charge in [0.15, 0.2) is 0 Å². The summed E-state index contributed by atoms with van der Waals surface area (Å²) in [4.78, 5) is 0. The van der Waals surface area contributed by atoms with Crippen LogP contribution in [0.2, 0.25) is 0 Å². The normalized spacial score (nSPS) is 20.4. The molecule has 0 radical (unpaired) electrons. The number of para-hydroxylation sites is 1. The van der Waals surface area contributed by atoms with Gasteiger partial charge in [-0.15, -0.1) is 0 Å². The predicted molar refractivity (Wildman–Crippen MR) is 116 cm³/mol. The summed E-state index contributed by atoms with van der Waals surface area (Å²) in [7, 11) is 0. The molecule has 4 rings (SSSR count). The zero-order valence-electron chi connectivity index (χ0n) is 16.8. The van der Waals surface area contributed by atoms with Crippen LogP contribution in [0.4, 0.5) is 0 Å². The highest BCUT2D eigenvalue weighted by Crippen LogP contribution is 2.31.